The van der Waals surface area contributed by atoms with Crippen LogP contribution in [-0.2, 0) is 26.6 Å². The monoisotopic (exact) mass is 528 g/mol. The summed E-state index contributed by atoms with van der Waals surface area (Å²) >= 11 is 1.25. The second kappa shape index (κ2) is 10.4. The maximum absolute atomic E-state index is 12.9. The molecule has 2 amide bonds. The van der Waals surface area contributed by atoms with E-state index in [9.17, 15) is 18.0 Å². The predicted octanol–water partition coefficient (Wildman–Crippen LogP) is 2.20. The van der Waals surface area contributed by atoms with Crippen LogP contribution >= 0.6 is 11.3 Å². The third-order valence-corrected chi connectivity index (χ3v) is 6.92. The first-order chi connectivity index (χ1) is 17.1. The van der Waals surface area contributed by atoms with Gasteiger partial charge in [-0.2, -0.15) is 5.10 Å². The van der Waals surface area contributed by atoms with E-state index < -0.39 is 27.9 Å². The fourth-order valence-corrected chi connectivity index (χ4v) is 4.68. The topological polar surface area (TPSA) is 137 Å². The number of methoxy groups -OCH3 is 1. The van der Waals surface area contributed by atoms with Crippen LogP contribution in [0.5, 0.6) is 0 Å². The van der Waals surface area contributed by atoms with Crippen molar-refractivity contribution in [1.82, 2.24) is 24.1 Å². The van der Waals surface area contributed by atoms with Crippen molar-refractivity contribution in [1.29, 1.82) is 0 Å². The van der Waals surface area contributed by atoms with Crippen LogP contribution < -0.4 is 10.6 Å². The molecule has 11 nitrogen and oxygen atoms in total. The Morgan fingerprint density at radius 2 is 1.89 bits per heavy atom. The number of amides is 2. The smallest absolute Gasteiger partial charge is 0.253 e. The van der Waals surface area contributed by atoms with E-state index in [2.05, 4.69) is 20.7 Å². The van der Waals surface area contributed by atoms with Crippen molar-refractivity contribution in [2.45, 2.75) is 6.04 Å². The molecule has 1 atom stereocenters. The van der Waals surface area contributed by atoms with Gasteiger partial charge in [-0.1, -0.05) is 18.2 Å². The van der Waals surface area contributed by atoms with Crippen LogP contribution in [0.15, 0.2) is 60.4 Å². The second-order valence-corrected chi connectivity index (χ2v) is 10.7. The molecule has 0 saturated carbocycles. The molecule has 0 aliphatic heterocycles. The summed E-state index contributed by atoms with van der Waals surface area (Å²) in [6.07, 6.45) is 5.33. The van der Waals surface area contributed by atoms with Gasteiger partial charge in [-0.25, -0.2) is 13.4 Å². The SMILES string of the molecule is COC[C@H](NC(=O)c1ccn(S(C)(=O)=O)c1)C(=O)Nc1nc(-c2cccc(-c3ccn(C)n3)c2)cs1. The molecule has 4 aromatic rings. The molecular weight excluding hydrogens is 504 g/mol. The van der Waals surface area contributed by atoms with Crippen molar-refractivity contribution < 1.29 is 22.7 Å². The first-order valence-electron chi connectivity index (χ1n) is 10.7. The molecule has 0 fully saturated rings. The molecule has 0 radical (unpaired) electrons. The summed E-state index contributed by atoms with van der Waals surface area (Å²) in [6, 6.07) is 10.0. The highest BCUT2D eigenvalue weighted by Gasteiger charge is 2.23. The quantitative estimate of drug-likeness (QED) is 0.340. The number of anilines is 1. The van der Waals surface area contributed by atoms with Gasteiger partial charge in [0.25, 0.3) is 11.8 Å². The summed E-state index contributed by atoms with van der Waals surface area (Å²) in [4.78, 5) is 30.0. The minimum absolute atomic E-state index is 0.0886. The van der Waals surface area contributed by atoms with Crippen LogP contribution in [0.2, 0.25) is 0 Å². The normalized spacial score (nSPS) is 12.3. The van der Waals surface area contributed by atoms with Crippen molar-refractivity contribution in [3.63, 3.8) is 0 Å². The standard InChI is InChI=1S/C23H24N6O5S2/c1-28-9-8-18(27-28)15-5-4-6-16(11-15)20-14-35-23(25-20)26-22(31)19(13-34-2)24-21(30)17-7-10-29(12-17)36(3,32)33/h4-12,14,19H,13H2,1-3H3,(H,24,30)(H,25,26,31)/t19-/m0/s1. The van der Waals surface area contributed by atoms with E-state index in [4.69, 9.17) is 4.74 Å². The maximum Gasteiger partial charge on any atom is 0.253 e. The molecule has 188 valence electrons. The first kappa shape index (κ1) is 25.3. The molecule has 3 heterocycles. The molecule has 0 aliphatic carbocycles. The number of thiazole rings is 1. The molecule has 4 rings (SSSR count). The first-order valence-corrected chi connectivity index (χ1v) is 13.4. The van der Waals surface area contributed by atoms with Crippen molar-refractivity contribution in [3.8, 4) is 22.5 Å². The van der Waals surface area contributed by atoms with Gasteiger partial charge in [0.05, 0.1) is 29.8 Å². The van der Waals surface area contributed by atoms with Gasteiger partial charge >= 0.3 is 0 Å². The van der Waals surface area contributed by atoms with E-state index in [1.165, 1.54) is 36.9 Å². The van der Waals surface area contributed by atoms with Gasteiger partial charge in [0.15, 0.2) is 5.13 Å². The van der Waals surface area contributed by atoms with Crippen LogP contribution in [0.4, 0.5) is 5.13 Å². The molecule has 3 aromatic heterocycles. The van der Waals surface area contributed by atoms with Gasteiger partial charge in [0.2, 0.25) is 10.0 Å². The molecule has 36 heavy (non-hydrogen) atoms. The van der Waals surface area contributed by atoms with E-state index in [0.717, 1.165) is 27.0 Å². The van der Waals surface area contributed by atoms with Crippen LogP contribution in [0.25, 0.3) is 22.5 Å². The molecule has 1 aromatic carbocycles. The molecule has 13 heteroatoms. The number of nitrogens with one attached hydrogen (secondary N) is 2. The highest BCUT2D eigenvalue weighted by atomic mass is 32.2. The highest BCUT2D eigenvalue weighted by Crippen LogP contribution is 2.28. The number of hydrogen-bond acceptors (Lipinski definition) is 8. The van der Waals surface area contributed by atoms with Crippen LogP contribution in [-0.4, -0.2) is 65.0 Å². The van der Waals surface area contributed by atoms with Crippen molar-refractivity contribution in [2.24, 2.45) is 7.05 Å². The Hall–Kier alpha value is -3.81. The van der Waals surface area contributed by atoms with Gasteiger partial charge < -0.3 is 15.4 Å². The maximum atomic E-state index is 12.9. The summed E-state index contributed by atoms with van der Waals surface area (Å²) in [6.45, 7) is -0.0886. The van der Waals surface area contributed by atoms with Gasteiger partial charge in [0.1, 0.15) is 6.04 Å². The zero-order chi connectivity index (χ0) is 25.9. The number of ether oxygens (including phenoxy) is 1. The lowest BCUT2D eigenvalue weighted by Gasteiger charge is -2.16. The summed E-state index contributed by atoms with van der Waals surface area (Å²) in [7, 11) is -0.268. The number of benzene rings is 1. The van der Waals surface area contributed by atoms with E-state index in [1.807, 2.05) is 49.0 Å². The van der Waals surface area contributed by atoms with E-state index in [0.29, 0.717) is 10.8 Å². The Morgan fingerprint density at radius 1 is 1.14 bits per heavy atom. The second-order valence-electron chi connectivity index (χ2n) is 7.96. The van der Waals surface area contributed by atoms with Gasteiger partial charge in [-0.05, 0) is 18.2 Å². The zero-order valence-electron chi connectivity index (χ0n) is 19.7. The van der Waals surface area contributed by atoms with Gasteiger partial charge in [0, 0.05) is 49.3 Å². The average Bonchev–Trinajstić information content (AvgIpc) is 3.59. The van der Waals surface area contributed by atoms with Crippen molar-refractivity contribution in [2.75, 3.05) is 25.3 Å². The number of hydrogen-bond donors (Lipinski definition) is 2. The summed E-state index contributed by atoms with van der Waals surface area (Å²) in [5, 5.41) is 11.9. The van der Waals surface area contributed by atoms with E-state index in [1.54, 1.807) is 4.68 Å². The Kier molecular flexibility index (Phi) is 7.33. The third-order valence-electron chi connectivity index (χ3n) is 5.17. The molecule has 0 bridgehead atoms. The lowest BCUT2D eigenvalue weighted by molar-refractivity contribution is -0.119. The number of rotatable bonds is 9. The number of carbonyl (C=O) groups is 2. The Labute approximate surface area is 211 Å². The van der Waals surface area contributed by atoms with E-state index >= 15 is 0 Å². The lowest BCUT2D eigenvalue weighted by Crippen LogP contribution is -2.46. The summed E-state index contributed by atoms with van der Waals surface area (Å²) < 4.78 is 31.0. The largest absolute Gasteiger partial charge is 0.382 e. The molecule has 2 N–H and O–H groups in total. The molecule has 0 spiro atoms. The zero-order valence-corrected chi connectivity index (χ0v) is 21.3. The van der Waals surface area contributed by atoms with E-state index in [-0.39, 0.29) is 12.2 Å². The fraction of sp³-hybridized carbons (Fsp3) is 0.217. The molecular formula is C23H24N6O5S2. The average molecular weight is 529 g/mol. The number of carbonyl (C=O) groups excluding carboxylic acids is 2. The minimum atomic E-state index is -3.53. The van der Waals surface area contributed by atoms with Crippen molar-refractivity contribution >= 4 is 38.3 Å². The number of nitrogens with zero attached hydrogens (tertiary/aromatic N) is 4. The van der Waals surface area contributed by atoms with Gasteiger partial charge in [-0.3, -0.25) is 18.2 Å². The Bertz CT molecular complexity index is 1500. The van der Waals surface area contributed by atoms with Gasteiger partial charge in [-0.15, -0.1) is 11.3 Å². The third kappa shape index (κ3) is 5.87. The molecule has 0 unspecified atom stereocenters. The Morgan fingerprint density at radius 3 is 2.53 bits per heavy atom. The summed E-state index contributed by atoms with van der Waals surface area (Å²) in [5.41, 5.74) is 3.43. The Balaban J connectivity index is 1.45. The lowest BCUT2D eigenvalue weighted by atomic mass is 10.1. The van der Waals surface area contributed by atoms with Crippen LogP contribution in [0.1, 0.15) is 10.4 Å². The minimum Gasteiger partial charge on any atom is -0.382 e. The highest BCUT2D eigenvalue weighted by molar-refractivity contribution is 7.89. The summed E-state index contributed by atoms with van der Waals surface area (Å²) in [5.74, 6) is -1.13. The van der Waals surface area contributed by atoms with Crippen LogP contribution in [0.3, 0.4) is 0 Å². The molecule has 0 saturated heterocycles. The number of aromatic nitrogens is 4. The van der Waals surface area contributed by atoms with Crippen molar-refractivity contribution in [3.05, 3.63) is 65.9 Å². The molecule has 0 aliphatic rings. The van der Waals surface area contributed by atoms with Crippen LogP contribution in [0, 0.1) is 0 Å². The predicted molar refractivity (Wildman–Crippen MR) is 136 cm³/mol. The fourth-order valence-electron chi connectivity index (χ4n) is 3.37. The number of aryl methyl sites for hydroxylation is 1.